The molecule has 1 aromatic rings. The number of benzene rings is 1. The molecule has 0 aliphatic carbocycles. The van der Waals surface area contributed by atoms with Crippen LogP contribution in [0.1, 0.15) is 32.3 Å². The van der Waals surface area contributed by atoms with Crippen LogP contribution in [0.5, 0.6) is 0 Å². The van der Waals surface area contributed by atoms with Gasteiger partial charge in [-0.15, -0.1) is 0 Å². The fourth-order valence-electron chi connectivity index (χ4n) is 1.88. The molecule has 1 atom stereocenters. The highest BCUT2D eigenvalue weighted by atomic mass is 16.6. The number of ether oxygens (including phenoxy) is 2. The van der Waals surface area contributed by atoms with E-state index in [2.05, 4.69) is 0 Å². The Kier molecular flexibility index (Phi) is 6.97. The van der Waals surface area contributed by atoms with Crippen molar-refractivity contribution in [2.45, 2.75) is 39.2 Å². The van der Waals surface area contributed by atoms with Gasteiger partial charge >= 0.3 is 5.97 Å². The Hall–Kier alpha value is -1.55. The first-order valence-corrected chi connectivity index (χ1v) is 6.80. The van der Waals surface area contributed by atoms with Crippen LogP contribution in [-0.2, 0) is 20.7 Å². The fraction of sp³-hybridized carbons (Fsp3) is 0.533. The van der Waals surface area contributed by atoms with Crippen LogP contribution in [0, 0.1) is 0 Å². The maximum Gasteiger partial charge on any atom is 0.335 e. The molecule has 0 aliphatic heterocycles. The van der Waals surface area contributed by atoms with Crippen molar-refractivity contribution in [3.05, 3.63) is 29.8 Å². The Morgan fingerprint density at radius 3 is 2.47 bits per heavy atom. The topological polar surface area (TPSA) is 61.5 Å². The van der Waals surface area contributed by atoms with E-state index in [0.29, 0.717) is 19.6 Å². The monoisotopic (exact) mass is 265 g/mol. The second kappa shape index (κ2) is 8.53. The minimum Gasteiger partial charge on any atom is -0.464 e. The van der Waals surface area contributed by atoms with E-state index in [4.69, 9.17) is 15.2 Å². The number of nitrogens with two attached hydrogens (primary N) is 1. The Balaban J connectivity index is 2.39. The maximum absolute atomic E-state index is 11.7. The van der Waals surface area contributed by atoms with Crippen LogP contribution < -0.4 is 5.73 Å². The number of anilines is 1. The predicted octanol–water partition coefficient (Wildman–Crippen LogP) is 2.56. The number of carbonyl (C=O) groups excluding carboxylic acids is 1. The van der Waals surface area contributed by atoms with E-state index in [9.17, 15) is 4.79 Å². The number of hydrogen-bond acceptors (Lipinski definition) is 4. The lowest BCUT2D eigenvalue weighted by atomic mass is 10.1. The highest BCUT2D eigenvalue weighted by molar-refractivity contribution is 5.74. The maximum atomic E-state index is 11.7. The van der Waals surface area contributed by atoms with E-state index in [0.717, 1.165) is 18.5 Å². The van der Waals surface area contributed by atoms with E-state index in [-0.39, 0.29) is 5.97 Å². The summed E-state index contributed by atoms with van der Waals surface area (Å²) in [6.45, 7) is 4.59. The fourth-order valence-corrected chi connectivity index (χ4v) is 1.88. The number of nitrogen functional groups attached to an aromatic ring is 1. The second-order valence-corrected chi connectivity index (χ2v) is 4.33. The third kappa shape index (κ3) is 5.75. The molecule has 0 spiro atoms. The van der Waals surface area contributed by atoms with Gasteiger partial charge in [-0.25, -0.2) is 4.79 Å². The van der Waals surface area contributed by atoms with Crippen molar-refractivity contribution in [3.63, 3.8) is 0 Å². The Labute approximate surface area is 114 Å². The first-order valence-electron chi connectivity index (χ1n) is 6.80. The average Bonchev–Trinajstić information content (AvgIpc) is 2.40. The molecule has 0 heterocycles. The third-order valence-electron chi connectivity index (χ3n) is 2.83. The molecule has 0 bridgehead atoms. The lowest BCUT2D eigenvalue weighted by Gasteiger charge is -2.15. The zero-order valence-corrected chi connectivity index (χ0v) is 11.7. The summed E-state index contributed by atoms with van der Waals surface area (Å²) >= 11 is 0. The summed E-state index contributed by atoms with van der Waals surface area (Å²) in [5, 5.41) is 0. The Bertz CT molecular complexity index is 375. The van der Waals surface area contributed by atoms with Crippen molar-refractivity contribution in [1.82, 2.24) is 0 Å². The van der Waals surface area contributed by atoms with Gasteiger partial charge in [-0.2, -0.15) is 0 Å². The summed E-state index contributed by atoms with van der Waals surface area (Å²) in [5.41, 5.74) is 7.62. The van der Waals surface area contributed by atoms with Crippen molar-refractivity contribution in [2.75, 3.05) is 18.9 Å². The predicted molar refractivity (Wildman–Crippen MR) is 75.8 cm³/mol. The molecule has 4 nitrogen and oxygen atoms in total. The van der Waals surface area contributed by atoms with E-state index in [1.165, 1.54) is 5.56 Å². The molecule has 0 saturated carbocycles. The standard InChI is InChI=1S/C15H23NO3/c1-3-18-14(15(17)19-4-2)7-5-6-12-8-10-13(16)11-9-12/h8-11,14H,3-7,16H2,1-2H3. The Morgan fingerprint density at radius 2 is 1.89 bits per heavy atom. The van der Waals surface area contributed by atoms with Crippen LogP contribution in [0.25, 0.3) is 0 Å². The lowest BCUT2D eigenvalue weighted by molar-refractivity contribution is -0.156. The number of aryl methyl sites for hydroxylation is 1. The van der Waals surface area contributed by atoms with Crippen LogP contribution >= 0.6 is 0 Å². The molecule has 106 valence electrons. The van der Waals surface area contributed by atoms with Crippen LogP contribution in [0.3, 0.4) is 0 Å². The van der Waals surface area contributed by atoms with E-state index in [1.807, 2.05) is 31.2 Å². The van der Waals surface area contributed by atoms with Gasteiger partial charge in [-0.05, 0) is 50.8 Å². The quantitative estimate of drug-likeness (QED) is 0.579. The smallest absolute Gasteiger partial charge is 0.335 e. The van der Waals surface area contributed by atoms with Gasteiger partial charge < -0.3 is 15.2 Å². The molecule has 1 aromatic carbocycles. The molecule has 0 radical (unpaired) electrons. The van der Waals surface area contributed by atoms with Crippen LogP contribution in [-0.4, -0.2) is 25.3 Å². The molecule has 0 amide bonds. The first kappa shape index (κ1) is 15.5. The minimum atomic E-state index is -0.446. The minimum absolute atomic E-state index is 0.262. The molecule has 1 unspecified atom stereocenters. The van der Waals surface area contributed by atoms with Gasteiger partial charge in [0.1, 0.15) is 0 Å². The average molecular weight is 265 g/mol. The second-order valence-electron chi connectivity index (χ2n) is 4.33. The highest BCUT2D eigenvalue weighted by Crippen LogP contribution is 2.12. The summed E-state index contributed by atoms with van der Waals surface area (Å²) in [7, 11) is 0. The van der Waals surface area contributed by atoms with Gasteiger partial charge in [-0.3, -0.25) is 0 Å². The van der Waals surface area contributed by atoms with Gasteiger partial charge in [-0.1, -0.05) is 12.1 Å². The van der Waals surface area contributed by atoms with Gasteiger partial charge in [0, 0.05) is 12.3 Å². The summed E-state index contributed by atoms with van der Waals surface area (Å²) < 4.78 is 10.4. The Morgan fingerprint density at radius 1 is 1.21 bits per heavy atom. The van der Waals surface area contributed by atoms with Crippen LogP contribution in [0.15, 0.2) is 24.3 Å². The lowest BCUT2D eigenvalue weighted by Crippen LogP contribution is -2.26. The molecule has 0 fully saturated rings. The third-order valence-corrected chi connectivity index (χ3v) is 2.83. The highest BCUT2D eigenvalue weighted by Gasteiger charge is 2.19. The summed E-state index contributed by atoms with van der Waals surface area (Å²) in [5.74, 6) is -0.262. The van der Waals surface area contributed by atoms with Crippen molar-refractivity contribution >= 4 is 11.7 Å². The van der Waals surface area contributed by atoms with E-state index in [1.54, 1.807) is 6.92 Å². The van der Waals surface area contributed by atoms with Crippen molar-refractivity contribution in [1.29, 1.82) is 0 Å². The van der Waals surface area contributed by atoms with Gasteiger partial charge in [0.05, 0.1) is 6.61 Å². The van der Waals surface area contributed by atoms with Gasteiger partial charge in [0.15, 0.2) is 6.10 Å². The van der Waals surface area contributed by atoms with Gasteiger partial charge in [0.25, 0.3) is 0 Å². The molecule has 19 heavy (non-hydrogen) atoms. The number of carbonyl (C=O) groups is 1. The summed E-state index contributed by atoms with van der Waals surface area (Å²) in [6, 6.07) is 7.80. The van der Waals surface area contributed by atoms with Crippen LogP contribution in [0.4, 0.5) is 5.69 Å². The largest absolute Gasteiger partial charge is 0.464 e. The van der Waals surface area contributed by atoms with Crippen molar-refractivity contribution in [2.24, 2.45) is 0 Å². The SMILES string of the molecule is CCOC(=O)C(CCCc1ccc(N)cc1)OCC. The van der Waals surface area contributed by atoms with E-state index >= 15 is 0 Å². The molecule has 4 heteroatoms. The normalized spacial score (nSPS) is 12.1. The molecule has 0 aliphatic rings. The summed E-state index contributed by atoms with van der Waals surface area (Å²) in [6.07, 6.45) is 2.02. The zero-order chi connectivity index (χ0) is 14.1. The number of esters is 1. The summed E-state index contributed by atoms with van der Waals surface area (Å²) in [4.78, 5) is 11.7. The van der Waals surface area contributed by atoms with Gasteiger partial charge in [0.2, 0.25) is 0 Å². The van der Waals surface area contributed by atoms with E-state index < -0.39 is 6.10 Å². The molecule has 2 N–H and O–H groups in total. The van der Waals surface area contributed by atoms with Crippen molar-refractivity contribution in [3.8, 4) is 0 Å². The van der Waals surface area contributed by atoms with Crippen molar-refractivity contribution < 1.29 is 14.3 Å². The molecule has 0 saturated heterocycles. The van der Waals surface area contributed by atoms with Crippen LogP contribution in [0.2, 0.25) is 0 Å². The molecular formula is C15H23NO3. The first-order chi connectivity index (χ1) is 9.17. The molecule has 0 aromatic heterocycles. The molecular weight excluding hydrogens is 242 g/mol. The molecule has 1 rings (SSSR count). The number of rotatable bonds is 8. The number of hydrogen-bond donors (Lipinski definition) is 1. The zero-order valence-electron chi connectivity index (χ0n) is 11.7.